The number of anilines is 3. The third-order valence-corrected chi connectivity index (χ3v) is 11.6. The monoisotopic (exact) mass is 738 g/mol. The van der Waals surface area contributed by atoms with Gasteiger partial charge in [0.05, 0.1) is 16.7 Å². The number of aromatic nitrogens is 1. The number of fused-ring (bicyclic) bond motifs is 6. The summed E-state index contributed by atoms with van der Waals surface area (Å²) in [5, 5.41) is 7.50. The Hall–Kier alpha value is -7.68. The van der Waals surface area contributed by atoms with Gasteiger partial charge in [-0.25, -0.2) is 0 Å². The van der Waals surface area contributed by atoms with E-state index in [2.05, 4.69) is 240 Å². The maximum Gasteiger partial charge on any atom is 0.0547 e. The summed E-state index contributed by atoms with van der Waals surface area (Å²) in [5.41, 5.74) is 14.0. The highest BCUT2D eigenvalue weighted by molar-refractivity contribution is 6.18. The first-order valence-electron chi connectivity index (χ1n) is 19.9. The molecule has 0 N–H and O–H groups in total. The second kappa shape index (κ2) is 14.1. The van der Waals surface area contributed by atoms with Gasteiger partial charge in [-0.15, -0.1) is 0 Å². The third-order valence-electron chi connectivity index (χ3n) is 11.6. The Morgan fingerprint density at radius 3 is 1.47 bits per heavy atom. The number of benzene rings is 10. The molecular weight excluding hydrogens is 701 g/mol. The lowest BCUT2D eigenvalue weighted by atomic mass is 9.98. The zero-order chi connectivity index (χ0) is 38.4. The minimum atomic E-state index is 1.10. The molecule has 0 aliphatic carbocycles. The first-order valence-corrected chi connectivity index (χ1v) is 19.9. The van der Waals surface area contributed by atoms with E-state index in [0.717, 1.165) is 17.1 Å². The highest BCUT2D eigenvalue weighted by atomic mass is 15.1. The first-order chi connectivity index (χ1) is 28.8. The molecule has 0 amide bonds. The van der Waals surface area contributed by atoms with Crippen molar-refractivity contribution in [3.8, 4) is 39.1 Å². The Morgan fingerprint density at radius 2 is 0.793 bits per heavy atom. The van der Waals surface area contributed by atoms with Crippen LogP contribution in [-0.4, -0.2) is 4.57 Å². The Kier molecular flexibility index (Phi) is 8.19. The number of hydrogen-bond donors (Lipinski definition) is 0. The standard InChI is InChI=1S/C56H38N2/c1-3-15-39(16-4-1)41-29-33-45(34-30-41)57(46-35-31-42(32-36-46)40-17-5-2-6-18-40)47-21-13-20-43(37-47)49-26-14-28-54-56(49)52-25-11-12-27-53(52)58(54)55-38-44-19-7-8-22-48(44)50-23-9-10-24-51(50)55/h1-38H. The summed E-state index contributed by atoms with van der Waals surface area (Å²) in [6.07, 6.45) is 0. The summed E-state index contributed by atoms with van der Waals surface area (Å²) in [6.45, 7) is 0. The van der Waals surface area contributed by atoms with Crippen molar-refractivity contribution >= 4 is 60.4 Å². The van der Waals surface area contributed by atoms with Crippen molar-refractivity contribution in [2.45, 2.75) is 0 Å². The summed E-state index contributed by atoms with van der Waals surface area (Å²) in [7, 11) is 0. The van der Waals surface area contributed by atoms with Crippen molar-refractivity contribution in [1.82, 2.24) is 4.57 Å². The van der Waals surface area contributed by atoms with E-state index in [1.165, 1.54) is 82.4 Å². The third kappa shape index (κ3) is 5.74. The minimum absolute atomic E-state index is 1.10. The van der Waals surface area contributed by atoms with Crippen LogP contribution in [0.15, 0.2) is 231 Å². The summed E-state index contributed by atoms with van der Waals surface area (Å²) in [6, 6.07) is 83.6. The van der Waals surface area contributed by atoms with Crippen LogP contribution in [0.3, 0.4) is 0 Å². The SMILES string of the molecule is c1ccc(-c2ccc(N(c3ccc(-c4ccccc4)cc3)c3cccc(-c4cccc5c4c4ccccc4n5-c4cc5ccccc5c5ccccc45)c3)cc2)cc1. The number of rotatable bonds is 7. The van der Waals surface area contributed by atoms with E-state index in [4.69, 9.17) is 0 Å². The molecule has 0 atom stereocenters. The van der Waals surface area contributed by atoms with Gasteiger partial charge >= 0.3 is 0 Å². The Bertz CT molecular complexity index is 3170. The number of hydrogen-bond acceptors (Lipinski definition) is 1. The molecule has 0 bridgehead atoms. The lowest BCUT2D eigenvalue weighted by Crippen LogP contribution is -2.10. The molecule has 0 aliphatic rings. The highest BCUT2D eigenvalue weighted by Crippen LogP contribution is 2.43. The van der Waals surface area contributed by atoms with E-state index in [-0.39, 0.29) is 0 Å². The number of nitrogens with zero attached hydrogens (tertiary/aromatic N) is 2. The van der Waals surface area contributed by atoms with Crippen LogP contribution in [0.25, 0.3) is 82.4 Å². The van der Waals surface area contributed by atoms with Gasteiger partial charge in [0.1, 0.15) is 0 Å². The van der Waals surface area contributed by atoms with Gasteiger partial charge in [-0.3, -0.25) is 0 Å². The van der Waals surface area contributed by atoms with Crippen molar-refractivity contribution in [3.63, 3.8) is 0 Å². The van der Waals surface area contributed by atoms with E-state index < -0.39 is 0 Å². The fourth-order valence-electron chi connectivity index (χ4n) is 8.87. The molecule has 272 valence electrons. The van der Waals surface area contributed by atoms with E-state index in [0.29, 0.717) is 0 Å². The molecule has 11 aromatic rings. The average molecular weight is 739 g/mol. The van der Waals surface area contributed by atoms with Crippen LogP contribution in [0.5, 0.6) is 0 Å². The van der Waals surface area contributed by atoms with Crippen molar-refractivity contribution in [2.75, 3.05) is 4.90 Å². The van der Waals surface area contributed by atoms with E-state index in [9.17, 15) is 0 Å². The van der Waals surface area contributed by atoms with Crippen LogP contribution in [0.4, 0.5) is 17.1 Å². The average Bonchev–Trinajstić information content (AvgIpc) is 3.64. The molecule has 0 spiro atoms. The Morgan fingerprint density at radius 1 is 0.293 bits per heavy atom. The highest BCUT2D eigenvalue weighted by Gasteiger charge is 2.20. The zero-order valence-corrected chi connectivity index (χ0v) is 31.8. The molecule has 0 radical (unpaired) electrons. The molecular formula is C56H38N2. The molecule has 0 saturated heterocycles. The van der Waals surface area contributed by atoms with Crippen LogP contribution < -0.4 is 4.90 Å². The van der Waals surface area contributed by atoms with Crippen molar-refractivity contribution < 1.29 is 0 Å². The fourth-order valence-corrected chi connectivity index (χ4v) is 8.87. The van der Waals surface area contributed by atoms with E-state index >= 15 is 0 Å². The van der Waals surface area contributed by atoms with Gasteiger partial charge in [-0.05, 0) is 104 Å². The van der Waals surface area contributed by atoms with Gasteiger partial charge in [0.15, 0.2) is 0 Å². The summed E-state index contributed by atoms with van der Waals surface area (Å²) in [4.78, 5) is 2.37. The number of para-hydroxylation sites is 1. The second-order valence-corrected chi connectivity index (χ2v) is 14.9. The largest absolute Gasteiger partial charge is 0.310 e. The van der Waals surface area contributed by atoms with Crippen LogP contribution in [-0.2, 0) is 0 Å². The normalized spacial score (nSPS) is 11.4. The molecule has 10 aromatic carbocycles. The van der Waals surface area contributed by atoms with Crippen molar-refractivity contribution in [2.24, 2.45) is 0 Å². The van der Waals surface area contributed by atoms with Crippen LogP contribution in [0.1, 0.15) is 0 Å². The molecule has 58 heavy (non-hydrogen) atoms. The van der Waals surface area contributed by atoms with Gasteiger partial charge in [0.25, 0.3) is 0 Å². The van der Waals surface area contributed by atoms with E-state index in [1.807, 2.05) is 0 Å². The molecule has 2 nitrogen and oxygen atoms in total. The van der Waals surface area contributed by atoms with Crippen molar-refractivity contribution in [1.29, 1.82) is 0 Å². The molecule has 11 rings (SSSR count). The quantitative estimate of drug-likeness (QED) is 0.148. The Balaban J connectivity index is 1.08. The summed E-state index contributed by atoms with van der Waals surface area (Å²) < 4.78 is 2.47. The second-order valence-electron chi connectivity index (χ2n) is 14.9. The van der Waals surface area contributed by atoms with Crippen LogP contribution in [0.2, 0.25) is 0 Å². The van der Waals surface area contributed by atoms with Gasteiger partial charge in [-0.1, -0.05) is 176 Å². The Labute approximate surface area is 338 Å². The van der Waals surface area contributed by atoms with E-state index in [1.54, 1.807) is 0 Å². The first kappa shape index (κ1) is 33.6. The van der Waals surface area contributed by atoms with Crippen LogP contribution >= 0.6 is 0 Å². The summed E-state index contributed by atoms with van der Waals surface area (Å²) >= 11 is 0. The van der Waals surface area contributed by atoms with Gasteiger partial charge in [0, 0.05) is 33.2 Å². The molecule has 0 aliphatic heterocycles. The minimum Gasteiger partial charge on any atom is -0.310 e. The maximum atomic E-state index is 2.47. The smallest absolute Gasteiger partial charge is 0.0547 e. The fraction of sp³-hybridized carbons (Fsp3) is 0. The lowest BCUT2D eigenvalue weighted by Gasteiger charge is -2.26. The molecule has 0 saturated carbocycles. The molecule has 1 aromatic heterocycles. The topological polar surface area (TPSA) is 8.17 Å². The molecule has 0 unspecified atom stereocenters. The molecule has 0 fully saturated rings. The van der Waals surface area contributed by atoms with Crippen LogP contribution in [0, 0.1) is 0 Å². The van der Waals surface area contributed by atoms with Gasteiger partial charge in [0.2, 0.25) is 0 Å². The lowest BCUT2D eigenvalue weighted by molar-refractivity contribution is 1.20. The predicted octanol–water partition coefficient (Wildman–Crippen LogP) is 15.6. The molecule has 2 heteroatoms. The molecule has 1 heterocycles. The van der Waals surface area contributed by atoms with Crippen molar-refractivity contribution in [3.05, 3.63) is 231 Å². The van der Waals surface area contributed by atoms with Gasteiger partial charge < -0.3 is 9.47 Å². The predicted molar refractivity (Wildman–Crippen MR) is 247 cm³/mol. The van der Waals surface area contributed by atoms with Gasteiger partial charge in [-0.2, -0.15) is 0 Å². The summed E-state index contributed by atoms with van der Waals surface area (Å²) in [5.74, 6) is 0. The zero-order valence-electron chi connectivity index (χ0n) is 31.8. The maximum absolute atomic E-state index is 2.47.